The molecule has 3 nitrogen and oxygen atoms in total. The molecule has 0 aromatic heterocycles. The molecule has 0 N–H and O–H groups in total. The van der Waals surface area contributed by atoms with Gasteiger partial charge in [0.25, 0.3) is 0 Å². The van der Waals surface area contributed by atoms with Gasteiger partial charge in [0.1, 0.15) is 0 Å². The van der Waals surface area contributed by atoms with Crippen molar-refractivity contribution in [2.24, 2.45) is 0 Å². The number of hydrogen-bond donors (Lipinski definition) is 0. The van der Waals surface area contributed by atoms with Crippen LogP contribution in [0.25, 0.3) is 0 Å². The molecule has 0 unspecified atom stereocenters. The number of ether oxygens (including phenoxy) is 1. The summed E-state index contributed by atoms with van der Waals surface area (Å²) in [7, 11) is 0. The van der Waals surface area contributed by atoms with Crippen molar-refractivity contribution in [1.29, 1.82) is 0 Å². The van der Waals surface area contributed by atoms with E-state index in [0.717, 1.165) is 25.7 Å². The van der Waals surface area contributed by atoms with Crippen LogP contribution in [-0.2, 0) is 14.3 Å². The van der Waals surface area contributed by atoms with Gasteiger partial charge >= 0.3 is 87.4 Å². The minimum Gasteiger partial charge on any atom is -1.00 e. The summed E-state index contributed by atoms with van der Waals surface area (Å²) in [6.45, 7) is 4.55. The van der Waals surface area contributed by atoms with Crippen LogP contribution in [0.2, 0.25) is 0 Å². The van der Waals surface area contributed by atoms with Crippen LogP contribution in [0.15, 0.2) is 0 Å². The molecular weight excluding hydrogens is 561 g/mol. The van der Waals surface area contributed by atoms with Crippen molar-refractivity contribution in [3.63, 3.8) is 0 Å². The van der Waals surface area contributed by atoms with Crippen LogP contribution in [0.1, 0.15) is 225 Å². The maximum Gasteiger partial charge on any atom is 2.00 e. The fourth-order valence-corrected chi connectivity index (χ4v) is 5.51. The van der Waals surface area contributed by atoms with E-state index in [2.05, 4.69) is 13.8 Å². The summed E-state index contributed by atoms with van der Waals surface area (Å²) in [6, 6.07) is 0. The average Bonchev–Trinajstić information content (AvgIpc) is 2.93. The van der Waals surface area contributed by atoms with E-state index >= 15 is 0 Å². The summed E-state index contributed by atoms with van der Waals surface area (Å²) in [5.74, 6) is -0.647. The molecule has 0 aromatic carbocycles. The van der Waals surface area contributed by atoms with Crippen LogP contribution in [0, 0.1) is 0 Å². The number of hydrogen-bond acceptors (Lipinski definition) is 3. The zero-order valence-electron chi connectivity index (χ0n) is 32.3. The summed E-state index contributed by atoms with van der Waals surface area (Å²) < 4.78 is 5.01. The SMILES string of the molecule is CCCCCCCCCCCCCCCCCC(=O)OC(=O)CCCCCCCCCCCCCCCCC.[Ca+2].[Ca+2].[H-].[H-].[H-].[H-]. The molecule has 0 atom stereocenters. The zero-order chi connectivity index (χ0) is 28.5. The van der Waals surface area contributed by atoms with Gasteiger partial charge in [-0.15, -0.1) is 0 Å². The second kappa shape index (κ2) is 41.7. The van der Waals surface area contributed by atoms with Gasteiger partial charge in [-0.05, 0) is 12.8 Å². The first-order chi connectivity index (χ1) is 19.2. The third-order valence-corrected chi connectivity index (χ3v) is 8.20. The Bertz CT molecular complexity index is 489. The molecule has 0 saturated heterocycles. The molecular formula is C36H74Ca2O3. The Morgan fingerprint density at radius 2 is 0.512 bits per heavy atom. The van der Waals surface area contributed by atoms with Crippen molar-refractivity contribution < 1.29 is 20.0 Å². The van der Waals surface area contributed by atoms with Gasteiger partial charge in [-0.3, -0.25) is 9.59 Å². The van der Waals surface area contributed by atoms with E-state index in [9.17, 15) is 9.59 Å². The molecule has 0 spiro atoms. The van der Waals surface area contributed by atoms with Gasteiger partial charge in [-0.25, -0.2) is 0 Å². The fourth-order valence-electron chi connectivity index (χ4n) is 5.51. The monoisotopic (exact) mass is 634 g/mol. The van der Waals surface area contributed by atoms with Crippen LogP contribution >= 0.6 is 0 Å². The van der Waals surface area contributed by atoms with Gasteiger partial charge in [0.15, 0.2) is 0 Å². The quantitative estimate of drug-likeness (QED) is 0.0320. The fraction of sp³-hybridized carbons (Fsp3) is 0.944. The number of esters is 2. The average molecular weight is 635 g/mol. The predicted octanol–water partition coefficient (Wildman–Crippen LogP) is 12.3. The first-order valence-electron chi connectivity index (χ1n) is 17.9. The maximum absolute atomic E-state index is 11.9. The van der Waals surface area contributed by atoms with Crippen LogP contribution in [0.3, 0.4) is 0 Å². The minimum atomic E-state index is -0.323. The summed E-state index contributed by atoms with van der Waals surface area (Å²) in [5.41, 5.74) is 0. The van der Waals surface area contributed by atoms with E-state index in [-0.39, 0.29) is 93.1 Å². The molecule has 5 heteroatoms. The molecule has 0 aliphatic rings. The molecule has 0 radical (unpaired) electrons. The van der Waals surface area contributed by atoms with Crippen LogP contribution in [0.5, 0.6) is 0 Å². The van der Waals surface area contributed by atoms with Gasteiger partial charge in [0, 0.05) is 12.8 Å². The number of unbranched alkanes of at least 4 members (excludes halogenated alkanes) is 28. The van der Waals surface area contributed by atoms with Crippen LogP contribution in [-0.4, -0.2) is 87.4 Å². The van der Waals surface area contributed by atoms with E-state index < -0.39 is 0 Å². The Labute approximate surface area is 323 Å². The van der Waals surface area contributed by atoms with Gasteiger partial charge in [-0.1, -0.05) is 194 Å². The molecule has 0 fully saturated rings. The van der Waals surface area contributed by atoms with Crippen molar-refractivity contribution >= 4 is 87.4 Å². The first kappa shape index (κ1) is 47.1. The van der Waals surface area contributed by atoms with Crippen molar-refractivity contribution in [3.05, 3.63) is 0 Å². The summed E-state index contributed by atoms with van der Waals surface area (Å²) >= 11 is 0. The Morgan fingerprint density at radius 3 is 0.707 bits per heavy atom. The molecule has 0 bridgehead atoms. The third-order valence-electron chi connectivity index (χ3n) is 8.20. The Morgan fingerprint density at radius 1 is 0.341 bits per heavy atom. The van der Waals surface area contributed by atoms with Gasteiger partial charge in [0.05, 0.1) is 0 Å². The molecule has 0 amide bonds. The topological polar surface area (TPSA) is 43.4 Å². The van der Waals surface area contributed by atoms with E-state index in [1.165, 1.54) is 167 Å². The normalized spacial score (nSPS) is 10.7. The Kier molecular flexibility index (Phi) is 47.8. The van der Waals surface area contributed by atoms with E-state index in [1.54, 1.807) is 0 Å². The first-order valence-corrected chi connectivity index (χ1v) is 17.9. The standard InChI is InChI=1S/C36H70O3.2Ca.4H/c1-3-5-7-9-11-13-15-17-19-21-23-25-27-29-31-33-35(37)39-36(38)34-32-30-28-26-24-22-20-18-16-14-12-10-8-6-4-2;;;;;;/h3-34H2,1-2H3;;;;;;/q;2*+2;4*-1. The largest absolute Gasteiger partial charge is 2.00 e. The maximum atomic E-state index is 11.9. The van der Waals surface area contributed by atoms with Crippen LogP contribution in [0.4, 0.5) is 0 Å². The number of carbonyl (C=O) groups excluding carboxylic acids is 2. The summed E-state index contributed by atoms with van der Waals surface area (Å²) in [6.07, 6.45) is 40.1. The Balaban J connectivity index is -0.000000481. The second-order valence-electron chi connectivity index (χ2n) is 12.2. The van der Waals surface area contributed by atoms with E-state index in [4.69, 9.17) is 4.74 Å². The van der Waals surface area contributed by atoms with Gasteiger partial charge in [-0.2, -0.15) is 0 Å². The number of carbonyl (C=O) groups is 2. The van der Waals surface area contributed by atoms with Gasteiger partial charge in [0.2, 0.25) is 0 Å². The molecule has 240 valence electrons. The van der Waals surface area contributed by atoms with E-state index in [1.807, 2.05) is 0 Å². The summed E-state index contributed by atoms with van der Waals surface area (Å²) in [4.78, 5) is 23.8. The van der Waals surface area contributed by atoms with Crippen molar-refractivity contribution in [3.8, 4) is 0 Å². The smallest absolute Gasteiger partial charge is 1.00 e. The van der Waals surface area contributed by atoms with E-state index in [0.29, 0.717) is 12.8 Å². The molecule has 41 heavy (non-hydrogen) atoms. The predicted molar refractivity (Wildman–Crippen MR) is 186 cm³/mol. The summed E-state index contributed by atoms with van der Waals surface area (Å²) in [5, 5.41) is 0. The van der Waals surface area contributed by atoms with Gasteiger partial charge < -0.3 is 10.4 Å². The molecule has 0 saturated carbocycles. The molecule has 0 aliphatic carbocycles. The van der Waals surface area contributed by atoms with Crippen molar-refractivity contribution in [2.45, 2.75) is 219 Å². The Hall–Kier alpha value is 1.66. The van der Waals surface area contributed by atoms with Crippen LogP contribution < -0.4 is 0 Å². The van der Waals surface area contributed by atoms with Crippen molar-refractivity contribution in [1.82, 2.24) is 0 Å². The zero-order valence-corrected chi connectivity index (χ0v) is 32.7. The third kappa shape index (κ3) is 41.7. The second-order valence-corrected chi connectivity index (χ2v) is 12.2. The van der Waals surface area contributed by atoms with Crippen molar-refractivity contribution in [2.75, 3.05) is 0 Å². The molecule has 0 aliphatic heterocycles. The molecule has 0 aromatic rings. The molecule has 0 rings (SSSR count). The molecule has 0 heterocycles. The minimum absolute atomic E-state index is 0. The number of rotatable bonds is 32.